The minimum absolute atomic E-state index is 0. The highest BCUT2D eigenvalue weighted by molar-refractivity contribution is 6.07. The van der Waals surface area contributed by atoms with Gasteiger partial charge < -0.3 is 49.3 Å². The number of methoxy groups -OCH3 is 3. The van der Waals surface area contributed by atoms with Crippen LogP contribution < -0.4 is 15.4 Å². The molecule has 16 nitrogen and oxygen atoms in total. The first kappa shape index (κ1) is 42.4. The Morgan fingerprint density at radius 1 is 0.875 bits per heavy atom. The van der Waals surface area contributed by atoms with Gasteiger partial charge in [0.25, 0.3) is 5.91 Å². The van der Waals surface area contributed by atoms with Gasteiger partial charge in [-0.15, -0.1) is 0 Å². The molecule has 3 aliphatic rings. The number of nitrogens with zero attached hydrogens (tertiary/aromatic N) is 4. The minimum atomic E-state index is -0.947. The van der Waals surface area contributed by atoms with Crippen molar-refractivity contribution in [3.8, 4) is 28.1 Å². The second kappa shape index (κ2) is 17.7. The Morgan fingerprint density at radius 3 is 2.44 bits per heavy atom. The first-order chi connectivity index (χ1) is 31.0. The summed E-state index contributed by atoms with van der Waals surface area (Å²) in [5, 5.41) is 7.40. The fraction of sp³-hybridized carbons (Fsp3) is 0.375. The first-order valence-electron chi connectivity index (χ1n) is 21.7. The van der Waals surface area contributed by atoms with Gasteiger partial charge in [-0.1, -0.05) is 62.4 Å². The Morgan fingerprint density at radius 2 is 1.67 bits per heavy atom. The number of amides is 4. The number of H-pyrrole nitrogens is 2. The molecule has 4 N–H and O–H groups in total. The number of hydrogen-bond donors (Lipinski definition) is 4. The van der Waals surface area contributed by atoms with Crippen LogP contribution in [0, 0.1) is 11.8 Å². The molecule has 2 fully saturated rings. The molecule has 5 heterocycles. The van der Waals surface area contributed by atoms with Crippen molar-refractivity contribution < 1.29 is 39.6 Å². The fourth-order valence-corrected chi connectivity index (χ4v) is 9.53. The maximum Gasteiger partial charge on any atom is 0.407 e. The third-order valence-electron chi connectivity index (χ3n) is 12.7. The van der Waals surface area contributed by atoms with Gasteiger partial charge in [0.2, 0.25) is 5.91 Å². The Labute approximate surface area is 371 Å². The van der Waals surface area contributed by atoms with Crippen LogP contribution in [0.5, 0.6) is 5.75 Å². The summed E-state index contributed by atoms with van der Waals surface area (Å²) < 4.78 is 21.6. The molecule has 0 unspecified atom stereocenters. The molecular weight excluding hydrogens is 817 g/mol. The Hall–Kier alpha value is -6.94. The van der Waals surface area contributed by atoms with Crippen molar-refractivity contribution >= 4 is 45.8 Å². The zero-order chi connectivity index (χ0) is 44.6. The average molecular weight is 871 g/mol. The standard InChI is InChI=1S/C48H52N8O8.H2/c1-26(2)40(53-47(59)62-4)45(57)55-17-9-12-37(55)44-50-35-16-14-29-20-34-32-15-13-30(19-31(32)25-64-39(34)21-33(29)42(35)52-44)36-22-49-43(51-36)38-18-27(24-61-3)23-56(38)46(58)41(54-48(60)63-5)28-10-7-6-8-11-28;/h6-8,10-11,13-16,19-22,26-27,37-38,40-41H,9,12,17-18,23-25H2,1-5H3,(H,49,51)(H,50,52)(H,53,59)(H,54,60);1H/t27-,37-,38-,40-,41+;/m0./s1. The number of fused-ring (bicyclic) bond motifs is 6. The maximum atomic E-state index is 14.3. The molecule has 16 heteroatoms. The van der Waals surface area contributed by atoms with Gasteiger partial charge in [0.15, 0.2) is 0 Å². The van der Waals surface area contributed by atoms with E-state index in [1.165, 1.54) is 14.2 Å². The van der Waals surface area contributed by atoms with Gasteiger partial charge in [0, 0.05) is 38.5 Å². The lowest BCUT2D eigenvalue weighted by Crippen LogP contribution is -2.51. The molecule has 0 saturated carbocycles. The minimum Gasteiger partial charge on any atom is -0.488 e. The van der Waals surface area contributed by atoms with E-state index in [1.807, 2.05) is 55.1 Å². The summed E-state index contributed by atoms with van der Waals surface area (Å²) in [5.74, 6) is 1.63. The number of aromatic nitrogens is 4. The number of ether oxygens (including phenoxy) is 4. The smallest absolute Gasteiger partial charge is 0.407 e. The topological polar surface area (TPSA) is 193 Å². The van der Waals surface area contributed by atoms with Crippen LogP contribution >= 0.6 is 0 Å². The van der Waals surface area contributed by atoms with E-state index in [0.29, 0.717) is 49.9 Å². The van der Waals surface area contributed by atoms with E-state index in [0.717, 1.165) is 68.3 Å². The van der Waals surface area contributed by atoms with Gasteiger partial charge in [0.05, 0.1) is 55.8 Å². The quantitative estimate of drug-likeness (QED) is 0.101. The van der Waals surface area contributed by atoms with Crippen molar-refractivity contribution in [2.75, 3.05) is 41.0 Å². The lowest BCUT2D eigenvalue weighted by molar-refractivity contribution is -0.136. The van der Waals surface area contributed by atoms with Crippen molar-refractivity contribution in [3.63, 3.8) is 0 Å². The van der Waals surface area contributed by atoms with Crippen LogP contribution in [0.25, 0.3) is 44.2 Å². The van der Waals surface area contributed by atoms with Crippen molar-refractivity contribution in [2.45, 2.75) is 63.9 Å². The second-order valence-electron chi connectivity index (χ2n) is 17.1. The first-order valence-corrected chi connectivity index (χ1v) is 21.7. The monoisotopic (exact) mass is 870 g/mol. The molecule has 2 aromatic heterocycles. The van der Waals surface area contributed by atoms with Crippen LogP contribution in [-0.2, 0) is 30.4 Å². The summed E-state index contributed by atoms with van der Waals surface area (Å²) in [4.78, 5) is 73.1. The normalized spacial score (nSPS) is 18.9. The van der Waals surface area contributed by atoms with Crippen LogP contribution in [-0.4, -0.2) is 101 Å². The zero-order valence-corrected chi connectivity index (χ0v) is 36.5. The number of hydrogen-bond acceptors (Lipinski definition) is 10. The Balaban J connectivity index is 0.00000576. The fourth-order valence-electron chi connectivity index (χ4n) is 9.53. The maximum absolute atomic E-state index is 14.3. The molecule has 0 aliphatic carbocycles. The van der Waals surface area contributed by atoms with E-state index in [-0.39, 0.29) is 37.2 Å². The van der Waals surface area contributed by atoms with E-state index in [1.54, 1.807) is 18.2 Å². The lowest BCUT2D eigenvalue weighted by atomic mass is 9.92. The van der Waals surface area contributed by atoms with Gasteiger partial charge in [-0.05, 0) is 77.1 Å². The molecule has 5 atom stereocenters. The highest BCUT2D eigenvalue weighted by atomic mass is 16.5. The molecule has 9 rings (SSSR count). The van der Waals surface area contributed by atoms with E-state index in [2.05, 4.69) is 57.0 Å². The van der Waals surface area contributed by atoms with Crippen LogP contribution in [0.3, 0.4) is 0 Å². The summed E-state index contributed by atoms with van der Waals surface area (Å²) in [6, 6.07) is 21.4. The van der Waals surface area contributed by atoms with E-state index in [4.69, 9.17) is 28.9 Å². The predicted molar refractivity (Wildman–Crippen MR) is 240 cm³/mol. The highest BCUT2D eigenvalue weighted by Gasteiger charge is 2.42. The van der Waals surface area contributed by atoms with Crippen molar-refractivity contribution in [2.24, 2.45) is 11.8 Å². The SMILES string of the molecule is COC[C@H]1C[C@@H](c2ncc(-c3ccc4c(c3)COc3cc5c(ccc6[nH]c([C@@H]7CCCN7C(=O)[C@@H](NC(=O)OC)C(C)C)nc65)cc3-4)[nH]2)N(C(=O)[C@H](NC(=O)OC)c2ccccc2)C1.[HH]. The third kappa shape index (κ3) is 7.97. The summed E-state index contributed by atoms with van der Waals surface area (Å²) in [6.07, 6.45) is 2.67. The Bertz CT molecular complexity index is 2740. The number of alkyl carbamates (subject to hydrolysis) is 2. The van der Waals surface area contributed by atoms with Crippen LogP contribution in [0.15, 0.2) is 79.0 Å². The number of aromatic amines is 2. The number of carbonyl (C=O) groups excluding carboxylic acids is 4. The van der Waals surface area contributed by atoms with Crippen molar-refractivity contribution in [3.05, 3.63) is 102 Å². The van der Waals surface area contributed by atoms with Crippen LogP contribution in [0.4, 0.5) is 9.59 Å². The van der Waals surface area contributed by atoms with Gasteiger partial charge >= 0.3 is 12.2 Å². The number of carbonyl (C=O) groups is 4. The number of likely N-dealkylation sites (tertiary alicyclic amines) is 2. The number of nitrogens with one attached hydrogen (secondary N) is 4. The van der Waals surface area contributed by atoms with Crippen molar-refractivity contribution in [1.29, 1.82) is 0 Å². The third-order valence-corrected chi connectivity index (χ3v) is 12.7. The molecule has 4 aromatic carbocycles. The summed E-state index contributed by atoms with van der Waals surface area (Å²) in [7, 11) is 4.22. The number of rotatable bonds is 11. The summed E-state index contributed by atoms with van der Waals surface area (Å²) in [5.41, 5.74) is 7.10. The van der Waals surface area contributed by atoms with Gasteiger partial charge in [0.1, 0.15) is 36.1 Å². The molecule has 3 aliphatic heterocycles. The van der Waals surface area contributed by atoms with E-state index in [9.17, 15) is 19.2 Å². The molecule has 0 bridgehead atoms. The predicted octanol–water partition coefficient (Wildman–Crippen LogP) is 7.59. The summed E-state index contributed by atoms with van der Waals surface area (Å²) >= 11 is 0. The van der Waals surface area contributed by atoms with Gasteiger partial charge in [-0.2, -0.15) is 0 Å². The summed E-state index contributed by atoms with van der Waals surface area (Å²) in [6.45, 7) is 5.64. The van der Waals surface area contributed by atoms with Crippen LogP contribution in [0.1, 0.15) is 75.4 Å². The molecule has 0 spiro atoms. The molecule has 6 aromatic rings. The van der Waals surface area contributed by atoms with Crippen LogP contribution in [0.2, 0.25) is 0 Å². The average Bonchev–Trinajstić information content (AvgIpc) is 4.15. The molecule has 64 heavy (non-hydrogen) atoms. The van der Waals surface area contributed by atoms with E-state index >= 15 is 0 Å². The number of benzene rings is 4. The number of imidazole rings is 2. The second-order valence-corrected chi connectivity index (χ2v) is 17.1. The van der Waals surface area contributed by atoms with Gasteiger partial charge in [-0.3, -0.25) is 9.59 Å². The van der Waals surface area contributed by atoms with Crippen molar-refractivity contribution in [1.82, 2.24) is 40.4 Å². The van der Waals surface area contributed by atoms with Gasteiger partial charge in [-0.25, -0.2) is 19.6 Å². The molecule has 0 radical (unpaired) electrons. The lowest BCUT2D eigenvalue weighted by Gasteiger charge is -2.29. The zero-order valence-electron chi connectivity index (χ0n) is 36.5. The molecular formula is C48H54N8O8. The van der Waals surface area contributed by atoms with E-state index < -0.39 is 24.3 Å². The molecule has 334 valence electrons. The molecule has 2 saturated heterocycles. The largest absolute Gasteiger partial charge is 0.488 e. The highest BCUT2D eigenvalue weighted by Crippen LogP contribution is 2.44. The Kier molecular flexibility index (Phi) is 11.7. The molecule has 4 amide bonds.